The molecular formula is C14H10N2O2. The van der Waals surface area contributed by atoms with E-state index in [1.165, 1.54) is 0 Å². The summed E-state index contributed by atoms with van der Waals surface area (Å²) >= 11 is 0. The van der Waals surface area contributed by atoms with Crippen molar-refractivity contribution in [3.8, 4) is 11.3 Å². The summed E-state index contributed by atoms with van der Waals surface area (Å²) in [5.41, 5.74) is 2.41. The normalized spacial score (nSPS) is 10.7. The van der Waals surface area contributed by atoms with Crippen LogP contribution in [0.2, 0.25) is 0 Å². The van der Waals surface area contributed by atoms with E-state index in [9.17, 15) is 4.79 Å². The van der Waals surface area contributed by atoms with Crippen molar-refractivity contribution in [2.75, 3.05) is 0 Å². The SMILES string of the molecule is O=C(O)c1cccn2cc(-c3ccccc3)nc12. The smallest absolute Gasteiger partial charge is 0.339 e. The molecule has 0 aliphatic carbocycles. The lowest BCUT2D eigenvalue weighted by atomic mass is 10.2. The summed E-state index contributed by atoms with van der Waals surface area (Å²) in [6.07, 6.45) is 3.62. The monoisotopic (exact) mass is 238 g/mol. The number of nitrogens with zero attached hydrogens (tertiary/aromatic N) is 2. The Bertz CT molecular complexity index is 717. The molecule has 3 aromatic rings. The zero-order valence-corrected chi connectivity index (χ0v) is 9.45. The lowest BCUT2D eigenvalue weighted by Crippen LogP contribution is -1.99. The fraction of sp³-hybridized carbons (Fsp3) is 0. The minimum absolute atomic E-state index is 0.208. The average molecular weight is 238 g/mol. The van der Waals surface area contributed by atoms with Crippen LogP contribution in [-0.2, 0) is 0 Å². The third-order valence-corrected chi connectivity index (χ3v) is 2.78. The number of aromatic nitrogens is 2. The number of carbonyl (C=O) groups is 1. The standard InChI is InChI=1S/C14H10N2O2/c17-14(18)11-7-4-8-16-9-12(15-13(11)16)10-5-2-1-3-6-10/h1-9H,(H,17,18). The molecule has 0 saturated heterocycles. The number of pyridine rings is 1. The number of imidazole rings is 1. The van der Waals surface area contributed by atoms with Gasteiger partial charge in [0.05, 0.1) is 5.69 Å². The summed E-state index contributed by atoms with van der Waals surface area (Å²) in [5, 5.41) is 9.11. The number of rotatable bonds is 2. The molecule has 0 spiro atoms. The van der Waals surface area contributed by atoms with Crippen molar-refractivity contribution in [2.45, 2.75) is 0 Å². The molecule has 0 radical (unpaired) electrons. The van der Waals surface area contributed by atoms with Gasteiger partial charge in [0.2, 0.25) is 0 Å². The molecule has 1 aromatic carbocycles. The van der Waals surface area contributed by atoms with Gasteiger partial charge >= 0.3 is 5.97 Å². The maximum atomic E-state index is 11.1. The van der Waals surface area contributed by atoms with Crippen molar-refractivity contribution in [3.63, 3.8) is 0 Å². The lowest BCUT2D eigenvalue weighted by molar-refractivity contribution is 0.0698. The minimum atomic E-state index is -0.967. The van der Waals surface area contributed by atoms with Crippen LogP contribution in [-0.4, -0.2) is 20.5 Å². The molecule has 0 saturated carbocycles. The average Bonchev–Trinajstić information content (AvgIpc) is 2.83. The summed E-state index contributed by atoms with van der Waals surface area (Å²) in [5.74, 6) is -0.967. The number of hydrogen-bond acceptors (Lipinski definition) is 2. The second-order valence-corrected chi connectivity index (χ2v) is 3.95. The van der Waals surface area contributed by atoms with E-state index in [1.54, 1.807) is 22.7 Å². The van der Waals surface area contributed by atoms with Crippen molar-refractivity contribution in [2.24, 2.45) is 0 Å². The van der Waals surface area contributed by atoms with E-state index in [-0.39, 0.29) is 5.56 Å². The Morgan fingerprint density at radius 2 is 1.89 bits per heavy atom. The van der Waals surface area contributed by atoms with Crippen LogP contribution in [0.4, 0.5) is 0 Å². The number of aromatic carboxylic acids is 1. The zero-order chi connectivity index (χ0) is 12.5. The van der Waals surface area contributed by atoms with Gasteiger partial charge in [0.1, 0.15) is 5.56 Å². The van der Waals surface area contributed by atoms with Gasteiger partial charge in [-0.15, -0.1) is 0 Å². The van der Waals surface area contributed by atoms with Crippen molar-refractivity contribution < 1.29 is 9.90 Å². The minimum Gasteiger partial charge on any atom is -0.478 e. The third kappa shape index (κ3) is 1.64. The number of carboxylic acid groups (broad SMARTS) is 1. The van der Waals surface area contributed by atoms with Gasteiger partial charge in [0, 0.05) is 18.0 Å². The van der Waals surface area contributed by atoms with Crippen molar-refractivity contribution in [3.05, 3.63) is 60.4 Å². The predicted octanol–water partition coefficient (Wildman–Crippen LogP) is 2.70. The summed E-state index contributed by atoms with van der Waals surface area (Å²) in [6.45, 7) is 0. The maximum absolute atomic E-state index is 11.1. The summed E-state index contributed by atoms with van der Waals surface area (Å²) in [7, 11) is 0. The highest BCUT2D eigenvalue weighted by atomic mass is 16.4. The van der Waals surface area contributed by atoms with Crippen LogP contribution in [0.15, 0.2) is 54.9 Å². The number of carboxylic acids is 1. The predicted molar refractivity (Wildman–Crippen MR) is 67.6 cm³/mol. The Morgan fingerprint density at radius 3 is 2.61 bits per heavy atom. The van der Waals surface area contributed by atoms with E-state index < -0.39 is 5.97 Å². The van der Waals surface area contributed by atoms with E-state index in [2.05, 4.69) is 4.98 Å². The highest BCUT2D eigenvalue weighted by Gasteiger charge is 2.12. The molecule has 2 aromatic heterocycles. The van der Waals surface area contributed by atoms with Gasteiger partial charge in [-0.1, -0.05) is 30.3 Å². The van der Waals surface area contributed by atoms with E-state index in [4.69, 9.17) is 5.11 Å². The highest BCUT2D eigenvalue weighted by molar-refractivity contribution is 5.94. The molecule has 0 atom stereocenters. The largest absolute Gasteiger partial charge is 0.478 e. The molecule has 18 heavy (non-hydrogen) atoms. The Hall–Kier alpha value is -2.62. The van der Waals surface area contributed by atoms with E-state index in [0.717, 1.165) is 11.3 Å². The van der Waals surface area contributed by atoms with Crippen LogP contribution in [0.1, 0.15) is 10.4 Å². The molecular weight excluding hydrogens is 228 g/mol. The van der Waals surface area contributed by atoms with Crippen molar-refractivity contribution in [1.29, 1.82) is 0 Å². The fourth-order valence-electron chi connectivity index (χ4n) is 1.93. The van der Waals surface area contributed by atoms with Gasteiger partial charge in [-0.25, -0.2) is 9.78 Å². The van der Waals surface area contributed by atoms with Gasteiger partial charge in [-0.3, -0.25) is 0 Å². The van der Waals surface area contributed by atoms with Crippen LogP contribution in [0.5, 0.6) is 0 Å². The molecule has 0 aliphatic rings. The molecule has 88 valence electrons. The Morgan fingerprint density at radius 1 is 1.11 bits per heavy atom. The molecule has 0 amide bonds. The van der Waals surface area contributed by atoms with Crippen LogP contribution in [0.25, 0.3) is 16.9 Å². The second-order valence-electron chi connectivity index (χ2n) is 3.95. The van der Waals surface area contributed by atoms with Gasteiger partial charge in [-0.2, -0.15) is 0 Å². The summed E-state index contributed by atoms with van der Waals surface area (Å²) < 4.78 is 1.73. The molecule has 2 heterocycles. The quantitative estimate of drug-likeness (QED) is 0.746. The molecule has 0 fully saturated rings. The second kappa shape index (κ2) is 4.00. The van der Waals surface area contributed by atoms with Gasteiger partial charge in [-0.05, 0) is 12.1 Å². The summed E-state index contributed by atoms with van der Waals surface area (Å²) in [4.78, 5) is 15.5. The molecule has 4 nitrogen and oxygen atoms in total. The van der Waals surface area contributed by atoms with E-state index in [1.807, 2.05) is 36.5 Å². The van der Waals surface area contributed by atoms with Crippen LogP contribution < -0.4 is 0 Å². The third-order valence-electron chi connectivity index (χ3n) is 2.78. The molecule has 4 heteroatoms. The molecule has 3 rings (SSSR count). The van der Waals surface area contributed by atoms with Gasteiger partial charge in [0.25, 0.3) is 0 Å². The first-order valence-corrected chi connectivity index (χ1v) is 5.52. The van der Waals surface area contributed by atoms with Crippen LogP contribution >= 0.6 is 0 Å². The van der Waals surface area contributed by atoms with Gasteiger partial charge < -0.3 is 9.51 Å². The van der Waals surface area contributed by atoms with E-state index in [0.29, 0.717) is 5.65 Å². The van der Waals surface area contributed by atoms with Crippen LogP contribution in [0.3, 0.4) is 0 Å². The highest BCUT2D eigenvalue weighted by Crippen LogP contribution is 2.20. The Balaban J connectivity index is 2.23. The number of benzene rings is 1. The Labute approximate surface area is 103 Å². The fourth-order valence-corrected chi connectivity index (χ4v) is 1.93. The number of hydrogen-bond donors (Lipinski definition) is 1. The topological polar surface area (TPSA) is 54.6 Å². The molecule has 1 N–H and O–H groups in total. The molecule has 0 unspecified atom stereocenters. The van der Waals surface area contributed by atoms with E-state index >= 15 is 0 Å². The molecule has 0 bridgehead atoms. The first kappa shape index (κ1) is 10.5. The Kier molecular flexibility index (Phi) is 2.34. The number of fused-ring (bicyclic) bond motifs is 1. The van der Waals surface area contributed by atoms with Crippen LogP contribution in [0, 0.1) is 0 Å². The summed E-state index contributed by atoms with van der Waals surface area (Å²) in [6, 6.07) is 12.9. The zero-order valence-electron chi connectivity index (χ0n) is 9.45. The van der Waals surface area contributed by atoms with Crippen molar-refractivity contribution >= 4 is 11.6 Å². The maximum Gasteiger partial charge on any atom is 0.339 e. The first-order valence-electron chi connectivity index (χ1n) is 5.52. The van der Waals surface area contributed by atoms with Gasteiger partial charge in [0.15, 0.2) is 5.65 Å². The first-order chi connectivity index (χ1) is 8.75. The molecule has 0 aliphatic heterocycles. The van der Waals surface area contributed by atoms with Crippen molar-refractivity contribution in [1.82, 2.24) is 9.38 Å². The lowest BCUT2D eigenvalue weighted by Gasteiger charge is -1.96.